The SMILES string of the molecule is c1ccc(-c2ccc(-c3ccc(N(c4ccccc4)c4cccc5ccc6c7cc(-c8ccccc8)ccc7sc6c45)cc3)cc2)cc1. The van der Waals surface area contributed by atoms with Crippen LogP contribution in [-0.2, 0) is 0 Å². The highest BCUT2D eigenvalue weighted by Gasteiger charge is 2.19. The Labute approximate surface area is 284 Å². The molecule has 0 amide bonds. The first-order chi connectivity index (χ1) is 23.8. The summed E-state index contributed by atoms with van der Waals surface area (Å²) in [7, 11) is 0. The maximum absolute atomic E-state index is 2.41. The first-order valence-corrected chi connectivity index (χ1v) is 17.2. The van der Waals surface area contributed by atoms with Gasteiger partial charge in [0.05, 0.1) is 5.69 Å². The van der Waals surface area contributed by atoms with Crippen molar-refractivity contribution >= 4 is 59.3 Å². The lowest BCUT2D eigenvalue weighted by atomic mass is 9.99. The quantitative estimate of drug-likeness (QED) is 0.177. The Morgan fingerprint density at radius 1 is 0.354 bits per heavy atom. The predicted octanol–water partition coefficient (Wildman–Crippen LogP) is 13.7. The van der Waals surface area contributed by atoms with E-state index >= 15 is 0 Å². The van der Waals surface area contributed by atoms with Crippen LogP contribution in [0.15, 0.2) is 188 Å². The van der Waals surface area contributed by atoms with Crippen molar-refractivity contribution < 1.29 is 0 Å². The number of anilines is 3. The molecular formula is C46H31NS. The van der Waals surface area contributed by atoms with E-state index < -0.39 is 0 Å². The summed E-state index contributed by atoms with van der Waals surface area (Å²) in [6.07, 6.45) is 0. The second-order valence-electron chi connectivity index (χ2n) is 12.2. The summed E-state index contributed by atoms with van der Waals surface area (Å²) in [6, 6.07) is 68.0. The molecule has 0 bridgehead atoms. The lowest BCUT2D eigenvalue weighted by Gasteiger charge is -2.27. The van der Waals surface area contributed by atoms with E-state index in [0.29, 0.717) is 0 Å². The second kappa shape index (κ2) is 12.0. The van der Waals surface area contributed by atoms with E-state index in [4.69, 9.17) is 0 Å². The number of hydrogen-bond acceptors (Lipinski definition) is 2. The Kier molecular flexibility index (Phi) is 7.07. The zero-order valence-electron chi connectivity index (χ0n) is 26.3. The molecule has 8 aromatic carbocycles. The summed E-state index contributed by atoms with van der Waals surface area (Å²) in [6.45, 7) is 0. The van der Waals surface area contributed by atoms with E-state index in [9.17, 15) is 0 Å². The van der Waals surface area contributed by atoms with E-state index in [2.05, 4.69) is 193 Å². The normalized spacial score (nSPS) is 11.3. The molecule has 0 saturated carbocycles. The summed E-state index contributed by atoms with van der Waals surface area (Å²) >= 11 is 1.89. The molecular weight excluding hydrogens is 599 g/mol. The van der Waals surface area contributed by atoms with Crippen molar-refractivity contribution in [1.29, 1.82) is 0 Å². The average molecular weight is 630 g/mol. The lowest BCUT2D eigenvalue weighted by molar-refractivity contribution is 1.30. The molecule has 0 radical (unpaired) electrons. The summed E-state index contributed by atoms with van der Waals surface area (Å²) in [5, 5.41) is 5.13. The van der Waals surface area contributed by atoms with Crippen LogP contribution in [0.2, 0.25) is 0 Å². The summed E-state index contributed by atoms with van der Waals surface area (Å²) in [5.41, 5.74) is 10.8. The molecule has 0 atom stereocenters. The summed E-state index contributed by atoms with van der Waals surface area (Å²) in [5.74, 6) is 0. The third-order valence-electron chi connectivity index (χ3n) is 9.27. The first-order valence-electron chi connectivity index (χ1n) is 16.3. The molecule has 48 heavy (non-hydrogen) atoms. The molecule has 9 aromatic rings. The standard InChI is InChI=1S/C46H31NS/c1-4-11-32(12-5-1)34-19-21-35(22-20-34)36-23-27-40(28-24-36)47(39-16-8-3-9-17-39)43-18-10-15-37-25-29-41-42-31-38(33-13-6-2-7-14-33)26-30-44(42)48-46(41)45(37)43/h1-31H. The Morgan fingerprint density at radius 3 is 1.52 bits per heavy atom. The van der Waals surface area contributed by atoms with Gasteiger partial charge >= 0.3 is 0 Å². The van der Waals surface area contributed by atoms with Crippen LogP contribution in [0.25, 0.3) is 64.3 Å². The van der Waals surface area contributed by atoms with Gasteiger partial charge < -0.3 is 4.90 Å². The molecule has 9 rings (SSSR count). The molecule has 0 spiro atoms. The molecule has 0 fully saturated rings. The highest BCUT2D eigenvalue weighted by atomic mass is 32.1. The van der Waals surface area contributed by atoms with Crippen LogP contribution in [-0.4, -0.2) is 0 Å². The minimum atomic E-state index is 1.13. The van der Waals surface area contributed by atoms with Crippen molar-refractivity contribution in [3.63, 3.8) is 0 Å². The molecule has 2 heteroatoms. The predicted molar refractivity (Wildman–Crippen MR) is 208 cm³/mol. The Bertz CT molecular complexity index is 2520. The van der Waals surface area contributed by atoms with Crippen molar-refractivity contribution in [2.24, 2.45) is 0 Å². The molecule has 0 N–H and O–H groups in total. The summed E-state index contributed by atoms with van der Waals surface area (Å²) < 4.78 is 2.63. The number of fused-ring (bicyclic) bond motifs is 5. The van der Waals surface area contributed by atoms with Crippen molar-refractivity contribution in [3.8, 4) is 33.4 Å². The van der Waals surface area contributed by atoms with Crippen LogP contribution in [0.4, 0.5) is 17.1 Å². The van der Waals surface area contributed by atoms with Crippen LogP contribution >= 0.6 is 11.3 Å². The topological polar surface area (TPSA) is 3.24 Å². The van der Waals surface area contributed by atoms with Gasteiger partial charge in [-0.3, -0.25) is 0 Å². The van der Waals surface area contributed by atoms with E-state index in [0.717, 1.165) is 11.4 Å². The molecule has 0 unspecified atom stereocenters. The van der Waals surface area contributed by atoms with Crippen LogP contribution in [0.1, 0.15) is 0 Å². The number of benzene rings is 8. The highest BCUT2D eigenvalue weighted by Crippen LogP contribution is 2.46. The number of rotatable bonds is 6. The van der Waals surface area contributed by atoms with Crippen molar-refractivity contribution in [3.05, 3.63) is 188 Å². The first kappa shape index (κ1) is 28.3. The van der Waals surface area contributed by atoms with E-state index in [1.165, 1.54) is 70.0 Å². The smallest absolute Gasteiger partial charge is 0.0554 e. The van der Waals surface area contributed by atoms with Gasteiger partial charge in [0.1, 0.15) is 0 Å². The maximum atomic E-state index is 2.41. The van der Waals surface area contributed by atoms with Crippen LogP contribution in [0.3, 0.4) is 0 Å². The molecule has 0 saturated heterocycles. The van der Waals surface area contributed by atoms with Gasteiger partial charge in [-0.15, -0.1) is 11.3 Å². The Morgan fingerprint density at radius 2 is 0.875 bits per heavy atom. The second-order valence-corrected chi connectivity index (χ2v) is 13.2. The Hall–Kier alpha value is -5.96. The number of hydrogen-bond donors (Lipinski definition) is 0. The van der Waals surface area contributed by atoms with Gasteiger partial charge in [0.15, 0.2) is 0 Å². The fourth-order valence-electron chi connectivity index (χ4n) is 6.87. The van der Waals surface area contributed by atoms with Gasteiger partial charge in [0.25, 0.3) is 0 Å². The molecule has 0 aliphatic heterocycles. The van der Waals surface area contributed by atoms with Crippen molar-refractivity contribution in [1.82, 2.24) is 0 Å². The minimum Gasteiger partial charge on any atom is -0.310 e. The lowest BCUT2D eigenvalue weighted by Crippen LogP contribution is -2.10. The number of thiophene rings is 1. The number of para-hydroxylation sites is 1. The van der Waals surface area contributed by atoms with Crippen LogP contribution in [0, 0.1) is 0 Å². The molecule has 1 nitrogen and oxygen atoms in total. The molecule has 1 heterocycles. The zero-order valence-corrected chi connectivity index (χ0v) is 27.1. The van der Waals surface area contributed by atoms with Gasteiger partial charge in [0, 0.05) is 36.9 Å². The minimum absolute atomic E-state index is 1.13. The van der Waals surface area contributed by atoms with E-state index in [1.807, 2.05) is 11.3 Å². The fourth-order valence-corrected chi connectivity index (χ4v) is 8.12. The molecule has 0 aliphatic rings. The third kappa shape index (κ3) is 5.04. The van der Waals surface area contributed by atoms with Crippen LogP contribution < -0.4 is 4.90 Å². The van der Waals surface area contributed by atoms with Gasteiger partial charge in [-0.2, -0.15) is 0 Å². The average Bonchev–Trinajstić information content (AvgIpc) is 3.55. The third-order valence-corrected chi connectivity index (χ3v) is 10.5. The number of nitrogens with zero attached hydrogens (tertiary/aromatic N) is 1. The largest absolute Gasteiger partial charge is 0.310 e. The maximum Gasteiger partial charge on any atom is 0.0554 e. The van der Waals surface area contributed by atoms with E-state index in [1.54, 1.807) is 0 Å². The fraction of sp³-hybridized carbons (Fsp3) is 0. The van der Waals surface area contributed by atoms with Crippen molar-refractivity contribution in [2.45, 2.75) is 0 Å². The monoisotopic (exact) mass is 629 g/mol. The summed E-state index contributed by atoms with van der Waals surface area (Å²) in [4.78, 5) is 2.41. The molecule has 226 valence electrons. The van der Waals surface area contributed by atoms with Gasteiger partial charge in [0.2, 0.25) is 0 Å². The molecule has 0 aliphatic carbocycles. The van der Waals surface area contributed by atoms with Crippen molar-refractivity contribution in [2.75, 3.05) is 4.90 Å². The van der Waals surface area contributed by atoms with Crippen LogP contribution in [0.5, 0.6) is 0 Å². The Balaban J connectivity index is 1.17. The van der Waals surface area contributed by atoms with Gasteiger partial charge in [-0.05, 0) is 81.2 Å². The zero-order chi connectivity index (χ0) is 31.9. The van der Waals surface area contributed by atoms with Gasteiger partial charge in [-0.1, -0.05) is 146 Å². The molecule has 1 aromatic heterocycles. The van der Waals surface area contributed by atoms with Gasteiger partial charge in [-0.25, -0.2) is 0 Å². The highest BCUT2D eigenvalue weighted by molar-refractivity contribution is 7.26. The van der Waals surface area contributed by atoms with E-state index in [-0.39, 0.29) is 0 Å².